The summed E-state index contributed by atoms with van der Waals surface area (Å²) >= 11 is 0. The van der Waals surface area contributed by atoms with Gasteiger partial charge in [-0.05, 0) is 44.5 Å². The lowest BCUT2D eigenvalue weighted by Crippen LogP contribution is -2.31. The number of carbonyl (C=O) groups is 2. The van der Waals surface area contributed by atoms with E-state index in [9.17, 15) is 9.59 Å². The van der Waals surface area contributed by atoms with Crippen LogP contribution >= 0.6 is 0 Å². The van der Waals surface area contributed by atoms with Crippen LogP contribution in [0.2, 0.25) is 0 Å². The zero-order valence-corrected chi connectivity index (χ0v) is 16.9. The average Bonchev–Trinajstić information content (AvgIpc) is 2.66. The van der Waals surface area contributed by atoms with Crippen LogP contribution in [0, 0.1) is 6.92 Å². The third kappa shape index (κ3) is 5.74. The first-order valence-corrected chi connectivity index (χ1v) is 9.13. The van der Waals surface area contributed by atoms with Gasteiger partial charge < -0.3 is 19.5 Å². The quantitative estimate of drug-likeness (QED) is 0.699. The number of aryl methyl sites for hydroxylation is 1. The molecule has 1 N–H and O–H groups in total. The van der Waals surface area contributed by atoms with Crippen LogP contribution in [0.4, 0.5) is 0 Å². The molecule has 6 heteroatoms. The van der Waals surface area contributed by atoms with E-state index in [-0.39, 0.29) is 24.4 Å². The number of ether oxygens (including phenoxy) is 3. The molecule has 0 saturated carbocycles. The molecule has 150 valence electrons. The van der Waals surface area contributed by atoms with Crippen molar-refractivity contribution in [2.45, 2.75) is 39.3 Å². The highest BCUT2D eigenvalue weighted by Crippen LogP contribution is 2.28. The Kier molecular flexibility index (Phi) is 7.44. The third-order valence-electron chi connectivity index (χ3n) is 4.17. The number of hydrogen-bond donors (Lipinski definition) is 1. The normalized spacial score (nSPS) is 11.6. The number of hydrogen-bond acceptors (Lipinski definition) is 5. The number of nitrogens with one attached hydrogen (secondary N) is 1. The van der Waals surface area contributed by atoms with Gasteiger partial charge in [0.15, 0.2) is 11.5 Å². The maximum Gasteiger partial charge on any atom is 0.308 e. The van der Waals surface area contributed by atoms with Gasteiger partial charge in [-0.25, -0.2) is 0 Å². The van der Waals surface area contributed by atoms with Crippen LogP contribution in [0.25, 0.3) is 0 Å². The highest BCUT2D eigenvalue weighted by atomic mass is 16.5. The maximum absolute atomic E-state index is 12.8. The topological polar surface area (TPSA) is 73.9 Å². The molecule has 1 amide bonds. The molecule has 0 aromatic heterocycles. The lowest BCUT2D eigenvalue weighted by Gasteiger charge is -2.20. The van der Waals surface area contributed by atoms with E-state index in [4.69, 9.17) is 14.2 Å². The largest absolute Gasteiger partial charge is 0.493 e. The number of carbonyl (C=O) groups excluding carboxylic acids is 2. The highest BCUT2D eigenvalue weighted by Gasteiger charge is 2.21. The smallest absolute Gasteiger partial charge is 0.308 e. The first-order valence-electron chi connectivity index (χ1n) is 9.13. The van der Waals surface area contributed by atoms with Gasteiger partial charge in [0, 0.05) is 5.56 Å². The van der Waals surface area contributed by atoms with Crippen molar-refractivity contribution in [3.05, 3.63) is 59.2 Å². The van der Waals surface area contributed by atoms with Gasteiger partial charge in [-0.2, -0.15) is 0 Å². The summed E-state index contributed by atoms with van der Waals surface area (Å²) in [5.74, 6) is 0.313. The molecule has 0 radical (unpaired) electrons. The van der Waals surface area contributed by atoms with Crippen LogP contribution < -0.4 is 14.8 Å². The minimum atomic E-state index is -0.507. The minimum Gasteiger partial charge on any atom is -0.493 e. The van der Waals surface area contributed by atoms with Crippen molar-refractivity contribution in [3.8, 4) is 11.5 Å². The Hall–Kier alpha value is -3.02. The molecule has 0 saturated heterocycles. The van der Waals surface area contributed by atoms with E-state index in [2.05, 4.69) is 5.32 Å². The molecular formula is C22H27NO5. The van der Waals surface area contributed by atoms with Gasteiger partial charge in [-0.3, -0.25) is 9.59 Å². The summed E-state index contributed by atoms with van der Waals surface area (Å²) in [5, 5.41) is 2.93. The zero-order valence-electron chi connectivity index (χ0n) is 16.9. The molecule has 1 atom stereocenters. The summed E-state index contributed by atoms with van der Waals surface area (Å²) < 4.78 is 15.7. The van der Waals surface area contributed by atoms with Crippen molar-refractivity contribution in [1.29, 1.82) is 0 Å². The molecule has 6 nitrogen and oxygen atoms in total. The molecule has 2 aromatic rings. The van der Waals surface area contributed by atoms with Crippen LogP contribution in [0.3, 0.4) is 0 Å². The van der Waals surface area contributed by atoms with E-state index in [1.54, 1.807) is 32.0 Å². The van der Waals surface area contributed by atoms with Crippen molar-refractivity contribution < 1.29 is 23.8 Å². The van der Waals surface area contributed by atoms with Crippen LogP contribution in [-0.4, -0.2) is 32.2 Å². The maximum atomic E-state index is 12.8. The first kappa shape index (κ1) is 21.3. The monoisotopic (exact) mass is 385 g/mol. The standard InChI is InChI=1S/C22H27NO5/c1-14(2)28-21(24)13-18(16-8-6-15(3)7-9-16)23-22(25)17-10-11-19(26-4)20(12-17)27-5/h6-12,14,18H,13H2,1-5H3,(H,23,25). The Labute approximate surface area is 165 Å². The van der Waals surface area contributed by atoms with Gasteiger partial charge in [0.25, 0.3) is 5.91 Å². The van der Waals surface area contributed by atoms with Gasteiger partial charge in [0.05, 0.1) is 32.8 Å². The fraction of sp³-hybridized carbons (Fsp3) is 0.364. The van der Waals surface area contributed by atoms with E-state index in [0.717, 1.165) is 11.1 Å². The van der Waals surface area contributed by atoms with Gasteiger partial charge in [0.1, 0.15) is 0 Å². The Balaban J connectivity index is 2.24. The van der Waals surface area contributed by atoms with E-state index >= 15 is 0 Å². The molecule has 0 aliphatic heterocycles. The SMILES string of the molecule is COc1ccc(C(=O)NC(CC(=O)OC(C)C)c2ccc(C)cc2)cc1OC. The van der Waals surface area contributed by atoms with E-state index < -0.39 is 6.04 Å². The molecule has 0 aliphatic rings. The summed E-state index contributed by atoms with van der Waals surface area (Å²) in [6.07, 6.45) is -0.173. The number of amides is 1. The number of benzene rings is 2. The molecule has 2 aromatic carbocycles. The van der Waals surface area contributed by atoms with Crippen LogP contribution in [-0.2, 0) is 9.53 Å². The summed E-state index contributed by atoms with van der Waals surface area (Å²) in [4.78, 5) is 25.0. The zero-order chi connectivity index (χ0) is 20.7. The molecule has 0 heterocycles. The predicted octanol–water partition coefficient (Wildman–Crippen LogP) is 3.83. The van der Waals surface area contributed by atoms with Crippen molar-refractivity contribution in [2.24, 2.45) is 0 Å². The van der Waals surface area contributed by atoms with Gasteiger partial charge in [-0.1, -0.05) is 29.8 Å². The van der Waals surface area contributed by atoms with E-state index in [1.807, 2.05) is 31.2 Å². The summed E-state index contributed by atoms with van der Waals surface area (Å²) in [5.41, 5.74) is 2.34. The Morgan fingerprint density at radius 1 is 0.964 bits per heavy atom. The first-order chi connectivity index (χ1) is 13.3. The molecule has 0 bridgehead atoms. The van der Waals surface area contributed by atoms with Gasteiger partial charge in [-0.15, -0.1) is 0 Å². The molecular weight excluding hydrogens is 358 g/mol. The van der Waals surface area contributed by atoms with Crippen molar-refractivity contribution in [2.75, 3.05) is 14.2 Å². The minimum absolute atomic E-state index is 0.0419. The fourth-order valence-electron chi connectivity index (χ4n) is 2.75. The molecule has 2 rings (SSSR count). The number of esters is 1. The van der Waals surface area contributed by atoms with Gasteiger partial charge >= 0.3 is 5.97 Å². The fourth-order valence-corrected chi connectivity index (χ4v) is 2.75. The van der Waals surface area contributed by atoms with Crippen LogP contribution in [0.1, 0.15) is 47.8 Å². The lowest BCUT2D eigenvalue weighted by atomic mass is 10.0. The van der Waals surface area contributed by atoms with Crippen LogP contribution in [0.15, 0.2) is 42.5 Å². The summed E-state index contributed by atoms with van der Waals surface area (Å²) in [6, 6.07) is 12.1. The van der Waals surface area contributed by atoms with Crippen LogP contribution in [0.5, 0.6) is 11.5 Å². The van der Waals surface area contributed by atoms with Crippen molar-refractivity contribution in [1.82, 2.24) is 5.32 Å². The molecule has 1 unspecified atom stereocenters. The number of rotatable bonds is 8. The van der Waals surface area contributed by atoms with Crippen molar-refractivity contribution in [3.63, 3.8) is 0 Å². The summed E-state index contributed by atoms with van der Waals surface area (Å²) in [6.45, 7) is 5.57. The molecule has 0 spiro atoms. The highest BCUT2D eigenvalue weighted by molar-refractivity contribution is 5.95. The summed E-state index contributed by atoms with van der Waals surface area (Å²) in [7, 11) is 3.04. The average molecular weight is 385 g/mol. The second-order valence-electron chi connectivity index (χ2n) is 6.75. The lowest BCUT2D eigenvalue weighted by molar-refractivity contribution is -0.147. The van der Waals surface area contributed by atoms with Crippen molar-refractivity contribution >= 4 is 11.9 Å². The molecule has 0 fully saturated rings. The Bertz CT molecular complexity index is 814. The molecule has 0 aliphatic carbocycles. The Morgan fingerprint density at radius 3 is 2.18 bits per heavy atom. The second kappa shape index (κ2) is 9.78. The van der Waals surface area contributed by atoms with Gasteiger partial charge in [0.2, 0.25) is 0 Å². The predicted molar refractivity (Wildman–Crippen MR) is 107 cm³/mol. The third-order valence-corrected chi connectivity index (χ3v) is 4.17. The van der Waals surface area contributed by atoms with E-state index in [0.29, 0.717) is 17.1 Å². The number of methoxy groups -OCH3 is 2. The molecule has 28 heavy (non-hydrogen) atoms. The second-order valence-corrected chi connectivity index (χ2v) is 6.75. The van der Waals surface area contributed by atoms with E-state index in [1.165, 1.54) is 14.2 Å². The Morgan fingerprint density at radius 2 is 1.61 bits per heavy atom.